The molecule has 2 aliphatic heterocycles. The molecule has 6 rings (SSSR count). The first-order valence-electron chi connectivity index (χ1n) is 13.2. The summed E-state index contributed by atoms with van der Waals surface area (Å²) in [6.07, 6.45) is 6.09. The summed E-state index contributed by atoms with van der Waals surface area (Å²) < 4.78 is 17.8. The molecule has 3 fully saturated rings. The van der Waals surface area contributed by atoms with Crippen molar-refractivity contribution < 1.29 is 28.9 Å². The summed E-state index contributed by atoms with van der Waals surface area (Å²) in [5, 5.41) is 23.7. The van der Waals surface area contributed by atoms with Crippen LogP contribution in [-0.4, -0.2) is 45.1 Å². The Bertz CT molecular complexity index is 1420. The maximum atomic E-state index is 13.2. The van der Waals surface area contributed by atoms with Gasteiger partial charge in [0.2, 0.25) is 0 Å². The van der Waals surface area contributed by atoms with Crippen molar-refractivity contribution in [3.63, 3.8) is 0 Å². The van der Waals surface area contributed by atoms with Crippen molar-refractivity contribution in [2.45, 2.75) is 70.2 Å². The van der Waals surface area contributed by atoms with Gasteiger partial charge in [-0.05, 0) is 80.2 Å². The summed E-state index contributed by atoms with van der Waals surface area (Å²) >= 11 is 0. The van der Waals surface area contributed by atoms with E-state index in [1.54, 1.807) is 30.6 Å². The third-order valence-corrected chi connectivity index (χ3v) is 9.99. The van der Waals surface area contributed by atoms with Crippen LogP contribution < -0.4 is 10.4 Å². The van der Waals surface area contributed by atoms with E-state index in [0.717, 1.165) is 5.57 Å². The molecule has 0 amide bonds. The minimum absolute atomic E-state index is 0.0558. The van der Waals surface area contributed by atoms with Crippen LogP contribution in [0, 0.1) is 16.7 Å². The van der Waals surface area contributed by atoms with E-state index in [9.17, 15) is 19.8 Å². The largest absolute Gasteiger partial charge is 0.479 e. The first-order chi connectivity index (χ1) is 17.9. The highest BCUT2D eigenvalue weighted by Gasteiger charge is 2.70. The predicted octanol–water partition coefficient (Wildman–Crippen LogP) is 4.05. The van der Waals surface area contributed by atoms with Crippen molar-refractivity contribution in [2.75, 3.05) is 6.61 Å². The minimum atomic E-state index is -1.25. The van der Waals surface area contributed by atoms with Gasteiger partial charge in [-0.3, -0.25) is 9.78 Å². The summed E-state index contributed by atoms with van der Waals surface area (Å²) in [5.74, 6) is 0.149. The Kier molecular flexibility index (Phi) is 5.37. The molecule has 1 spiro atoms. The van der Waals surface area contributed by atoms with Gasteiger partial charge in [-0.15, -0.1) is 0 Å². The first-order valence-corrected chi connectivity index (χ1v) is 13.2. The van der Waals surface area contributed by atoms with Gasteiger partial charge in [-0.1, -0.05) is 13.5 Å². The lowest BCUT2D eigenvalue weighted by Crippen LogP contribution is -2.70. The second-order valence-electron chi connectivity index (χ2n) is 11.9. The van der Waals surface area contributed by atoms with Crippen LogP contribution in [0.15, 0.2) is 57.5 Å². The summed E-state index contributed by atoms with van der Waals surface area (Å²) in [6, 6.07) is 5.23. The standard InChI is InChI=1S/C30H33NO7/c1-17(2)30(35)10-9-27(3)22-12-19-21(13-20(37-26(19)34)18-6-5-11-31-15-18)38-28(22,4)24(32)14-23(27)29(30)8-7-25(33)36-16-29/h5-6,11-13,15,23-24,32,35H,1,7-10,14,16H2,2-4H3. The van der Waals surface area contributed by atoms with Gasteiger partial charge in [-0.2, -0.15) is 0 Å². The number of pyridine rings is 1. The first kappa shape index (κ1) is 25.1. The fourth-order valence-corrected chi connectivity index (χ4v) is 7.83. The van der Waals surface area contributed by atoms with Crippen LogP contribution in [0.3, 0.4) is 0 Å². The normalized spacial score (nSPS) is 37.7. The molecule has 2 aliphatic carbocycles. The lowest BCUT2D eigenvalue weighted by atomic mass is 9.40. The smallest absolute Gasteiger partial charge is 0.347 e. The van der Waals surface area contributed by atoms with Crippen molar-refractivity contribution in [1.29, 1.82) is 0 Å². The molecule has 2 aromatic rings. The molecule has 6 unspecified atom stereocenters. The topological polar surface area (TPSA) is 119 Å². The average Bonchev–Trinajstić information content (AvgIpc) is 2.89. The highest BCUT2D eigenvalue weighted by atomic mass is 16.5. The Morgan fingerprint density at radius 3 is 2.66 bits per heavy atom. The molecule has 2 aromatic heterocycles. The van der Waals surface area contributed by atoms with Crippen LogP contribution in [-0.2, 0) is 9.53 Å². The average molecular weight is 520 g/mol. The summed E-state index contributed by atoms with van der Waals surface area (Å²) in [6.45, 7) is 9.96. The summed E-state index contributed by atoms with van der Waals surface area (Å²) in [4.78, 5) is 29.4. The van der Waals surface area contributed by atoms with Gasteiger partial charge in [0.05, 0.1) is 11.7 Å². The predicted molar refractivity (Wildman–Crippen MR) is 139 cm³/mol. The van der Waals surface area contributed by atoms with Crippen molar-refractivity contribution in [3.8, 4) is 17.1 Å². The van der Waals surface area contributed by atoms with Crippen LogP contribution in [0.1, 0.15) is 58.4 Å². The number of esters is 1. The number of aliphatic hydroxyl groups is 2. The number of carbonyl (C=O) groups is 1. The Morgan fingerprint density at radius 1 is 1.21 bits per heavy atom. The molecule has 0 aromatic carbocycles. The van der Waals surface area contributed by atoms with E-state index >= 15 is 0 Å². The van der Waals surface area contributed by atoms with E-state index in [4.69, 9.17) is 13.9 Å². The van der Waals surface area contributed by atoms with E-state index in [-0.39, 0.29) is 24.9 Å². The van der Waals surface area contributed by atoms with Gasteiger partial charge < -0.3 is 24.1 Å². The van der Waals surface area contributed by atoms with E-state index in [2.05, 4.69) is 18.5 Å². The second-order valence-corrected chi connectivity index (χ2v) is 11.9. The van der Waals surface area contributed by atoms with Crippen LogP contribution in [0.5, 0.6) is 5.75 Å². The van der Waals surface area contributed by atoms with E-state index in [0.29, 0.717) is 53.9 Å². The maximum Gasteiger partial charge on any atom is 0.347 e. The molecule has 2 saturated carbocycles. The molecular weight excluding hydrogens is 486 g/mol. The summed E-state index contributed by atoms with van der Waals surface area (Å²) in [7, 11) is 0. The molecule has 6 atom stereocenters. The van der Waals surface area contributed by atoms with Crippen LogP contribution in [0.25, 0.3) is 17.4 Å². The van der Waals surface area contributed by atoms with Crippen LogP contribution in [0.4, 0.5) is 0 Å². The number of cyclic esters (lactones) is 1. The Morgan fingerprint density at radius 2 is 2.00 bits per heavy atom. The molecular formula is C30H33NO7. The molecule has 2 N–H and O–H groups in total. The zero-order valence-corrected chi connectivity index (χ0v) is 22.0. The molecule has 4 heterocycles. The molecule has 38 heavy (non-hydrogen) atoms. The van der Waals surface area contributed by atoms with Gasteiger partial charge >= 0.3 is 11.6 Å². The Balaban J connectivity index is 1.51. The molecule has 4 aliphatic rings. The number of hydrogen-bond donors (Lipinski definition) is 2. The SMILES string of the molecule is C=C(C)C1(O)CCC2(C)C3=Cc4c(cc(-c5cccnc5)oc4=O)OC3(C)C(O)CC2C12CCC(=O)OC2. The number of hydrogen-bond acceptors (Lipinski definition) is 8. The molecule has 0 radical (unpaired) electrons. The number of aromatic nitrogens is 1. The number of carbonyl (C=O) groups excluding carboxylic acids is 1. The Labute approximate surface area is 221 Å². The quantitative estimate of drug-likeness (QED) is 0.451. The van der Waals surface area contributed by atoms with Gasteiger partial charge in [0.1, 0.15) is 23.7 Å². The molecule has 200 valence electrons. The van der Waals surface area contributed by atoms with Crippen molar-refractivity contribution in [1.82, 2.24) is 4.98 Å². The van der Waals surface area contributed by atoms with Gasteiger partial charge in [-0.25, -0.2) is 4.79 Å². The lowest BCUT2D eigenvalue weighted by molar-refractivity contribution is -0.230. The maximum absolute atomic E-state index is 13.2. The summed E-state index contributed by atoms with van der Waals surface area (Å²) in [5.41, 5.74) is -1.89. The highest BCUT2D eigenvalue weighted by molar-refractivity contribution is 5.71. The number of nitrogens with zero attached hydrogens (tertiary/aromatic N) is 1. The van der Waals surface area contributed by atoms with E-state index in [1.165, 1.54) is 0 Å². The molecule has 8 heteroatoms. The molecule has 8 nitrogen and oxygen atoms in total. The fourth-order valence-electron chi connectivity index (χ4n) is 7.83. The lowest BCUT2D eigenvalue weighted by Gasteiger charge is -2.67. The van der Waals surface area contributed by atoms with Crippen molar-refractivity contribution >= 4 is 12.0 Å². The Hall–Kier alpha value is -3.23. The van der Waals surface area contributed by atoms with Gasteiger partial charge in [0.15, 0.2) is 5.60 Å². The number of fused-ring (bicyclic) bond motifs is 5. The third kappa shape index (κ3) is 3.19. The van der Waals surface area contributed by atoms with Gasteiger partial charge in [0, 0.05) is 35.9 Å². The zero-order chi connectivity index (χ0) is 27.1. The number of ether oxygens (including phenoxy) is 2. The minimum Gasteiger partial charge on any atom is -0.479 e. The third-order valence-electron chi connectivity index (χ3n) is 9.99. The van der Waals surface area contributed by atoms with E-state index < -0.39 is 33.8 Å². The molecule has 1 saturated heterocycles. The van der Waals surface area contributed by atoms with Crippen LogP contribution in [0.2, 0.25) is 0 Å². The van der Waals surface area contributed by atoms with Crippen molar-refractivity contribution in [2.24, 2.45) is 16.7 Å². The van der Waals surface area contributed by atoms with E-state index in [1.807, 2.05) is 19.9 Å². The van der Waals surface area contributed by atoms with Crippen molar-refractivity contribution in [3.05, 3.63) is 64.3 Å². The monoisotopic (exact) mass is 519 g/mol. The number of aliphatic hydroxyl groups excluding tert-OH is 1. The second kappa shape index (κ2) is 8.13. The fraction of sp³-hybridized carbons (Fsp3) is 0.500. The van der Waals surface area contributed by atoms with Crippen LogP contribution >= 0.6 is 0 Å². The highest BCUT2D eigenvalue weighted by Crippen LogP contribution is 2.69. The number of rotatable bonds is 2. The van der Waals surface area contributed by atoms with Gasteiger partial charge in [0.25, 0.3) is 0 Å². The molecule has 0 bridgehead atoms. The zero-order valence-electron chi connectivity index (χ0n) is 22.0.